The molecule has 9 aliphatic rings. The number of carbonyl (C=O) groups excluding carboxylic acids is 2. The van der Waals surface area contributed by atoms with Gasteiger partial charge in [0.15, 0.2) is 65.5 Å². The summed E-state index contributed by atoms with van der Waals surface area (Å²) in [7, 11) is 3.61. The summed E-state index contributed by atoms with van der Waals surface area (Å²) in [6, 6.07) is 25.7. The quantitative estimate of drug-likeness (QED) is 0.0110. The molecule has 47 nitrogen and oxygen atoms in total. The SMILES string of the molecule is C=C(O[C@]1(C)[C@H](OC(=O)c2ccccc2)[C@@H](COC(=O)c2ccccc2)O[C@H]1n1c(=O)sc2c(=O)[nH]cnc21)c1ccccc1.C=C1Sc2c(nc(N)[nH]c2=O)N1[C@@H]1O[C@H](CO)[C@@H](O)[C@@]1(C)O.C=C1Sc2c(nc(N)[nH]c2=O)N1[C@@H]1O[C@H](CO)[C@@](C)(CO)[C@H]1O.C=C1Sc2c(nc(N)[nH]c2=O)N1[C@@H]1O[C@H](CO)[C@H](OCCCCCCCC)[C@H]1O.C=C1Sc2c(nc(N=CN(C)C)[nH]c2=O)N1[C@H]1C[C@H](O)[C@@H](CO)O1. The number of benzene rings is 3. The number of anilines is 7. The van der Waals surface area contributed by atoms with Crippen molar-refractivity contribution in [3.8, 4) is 0 Å². The highest BCUT2D eigenvalue weighted by molar-refractivity contribution is 8.04. The average molecular weight is 2080 g/mol. The minimum atomic E-state index is -1.70. The zero-order valence-electron chi connectivity index (χ0n) is 78.0. The van der Waals surface area contributed by atoms with E-state index >= 15 is 0 Å². The minimum absolute atomic E-state index is 0.0314. The van der Waals surface area contributed by atoms with Crippen molar-refractivity contribution in [2.45, 2.75) is 202 Å². The van der Waals surface area contributed by atoms with Gasteiger partial charge in [-0.1, -0.05) is 204 Å². The number of aromatic amines is 5. The third-order valence-corrected chi connectivity index (χ3v) is 29.3. The molecule has 0 radical (unpaired) electrons. The first-order valence-electron chi connectivity index (χ1n) is 44.8. The van der Waals surface area contributed by atoms with Crippen molar-refractivity contribution in [1.82, 2.24) is 59.3 Å². The topological polar surface area (TPSA) is 677 Å². The molecule has 5 fully saturated rings. The van der Waals surface area contributed by atoms with E-state index < -0.39 is 155 Å². The number of ether oxygens (including phenoxy) is 9. The number of nitrogens with zero attached hydrogens (tertiary/aromatic N) is 12. The van der Waals surface area contributed by atoms with Gasteiger partial charge in [-0.05, 0) is 44.5 Å². The number of thiazole rings is 1. The maximum atomic E-state index is 13.5. The molecule has 766 valence electrons. The van der Waals surface area contributed by atoms with Crippen LogP contribution in [0.2, 0.25) is 0 Å². The molecule has 0 amide bonds. The molecular formula is C91H110N20O27S5. The molecule has 0 saturated carbocycles. The summed E-state index contributed by atoms with van der Waals surface area (Å²) in [6.45, 7) is 24.8. The Balaban J connectivity index is 0.000000146. The lowest BCUT2D eigenvalue weighted by molar-refractivity contribution is -0.0965. The fourth-order valence-corrected chi connectivity index (χ4v) is 21.3. The van der Waals surface area contributed by atoms with E-state index in [0.29, 0.717) is 75.5 Å². The Bertz CT molecular complexity index is 6600. The number of nitrogens with one attached hydrogen (secondary N) is 5. The van der Waals surface area contributed by atoms with Gasteiger partial charge in [-0.2, -0.15) is 19.9 Å². The normalized spacial score (nSPS) is 27.0. The molecule has 9 aromatic rings. The van der Waals surface area contributed by atoms with Gasteiger partial charge in [0.2, 0.25) is 23.8 Å². The second kappa shape index (κ2) is 45.5. The Kier molecular flexibility index (Phi) is 34.0. The highest BCUT2D eigenvalue weighted by Crippen LogP contribution is 2.53. The number of aliphatic hydroxyl groups is 10. The lowest BCUT2D eigenvalue weighted by atomic mass is 9.81. The molecule has 3 aromatic carbocycles. The Morgan fingerprint density at radius 2 is 1.08 bits per heavy atom. The summed E-state index contributed by atoms with van der Waals surface area (Å²) in [5.41, 5.74) is 11.7. The van der Waals surface area contributed by atoms with Gasteiger partial charge in [-0.15, -0.1) is 0 Å². The van der Waals surface area contributed by atoms with Crippen LogP contribution >= 0.6 is 58.4 Å². The van der Waals surface area contributed by atoms with Crippen molar-refractivity contribution in [2.24, 2.45) is 10.4 Å². The molecule has 6 aromatic heterocycles. The number of hydrogen-bond donors (Lipinski definition) is 18. The van der Waals surface area contributed by atoms with Gasteiger partial charge in [0.1, 0.15) is 97.3 Å². The second-order valence-corrected chi connectivity index (χ2v) is 39.8. The van der Waals surface area contributed by atoms with E-state index in [1.165, 1.54) is 65.0 Å². The summed E-state index contributed by atoms with van der Waals surface area (Å²) in [5, 5.41) is 101. The zero-order valence-corrected chi connectivity index (χ0v) is 82.1. The van der Waals surface area contributed by atoms with Gasteiger partial charge >= 0.3 is 16.8 Å². The van der Waals surface area contributed by atoms with Crippen LogP contribution in [-0.4, -0.2) is 292 Å². The number of rotatable bonds is 28. The number of nitrogen functional groups attached to an aromatic ring is 3. The molecule has 15 heterocycles. The van der Waals surface area contributed by atoms with Crippen LogP contribution < -0.4 is 69.5 Å². The maximum Gasteiger partial charge on any atom is 0.338 e. The minimum Gasteiger partial charge on any atom is -0.479 e. The molecule has 18 rings (SSSR count). The molecule has 9 aliphatic heterocycles. The molecule has 0 aliphatic carbocycles. The van der Waals surface area contributed by atoms with Gasteiger partial charge < -0.3 is 121 Å². The van der Waals surface area contributed by atoms with Gasteiger partial charge in [0.05, 0.1) is 89.2 Å². The number of fused-ring (bicyclic) bond motifs is 5. The molecule has 0 spiro atoms. The van der Waals surface area contributed by atoms with Crippen LogP contribution in [0, 0.1) is 5.41 Å². The van der Waals surface area contributed by atoms with E-state index in [9.17, 15) is 89.4 Å². The first-order chi connectivity index (χ1) is 68.2. The zero-order chi connectivity index (χ0) is 103. The average Bonchev–Trinajstić information content (AvgIpc) is 1.57. The standard InChI is InChI=1S/C33H27N3O8S.C19H30N4O5S.C14H19N5O4S.C13H18N4O5S.C12H16N4O5S/c1-20(21-12-6-3-7-13-21)44-33(2)26(43-30(39)23-16-10-5-11-17-23)24(18-41-29(38)22-14-8-4-9-15-22)42-31(33)36-27-25(45-32(36)40)28(37)35-19-34-27;1-3-4-5-6-7-8-9-27-14-12(10-24)28-18(13(14)25)23-11(2)29-15-16(23)21-19(20)22-17(15)26;1-7-19(10-4-8(21)9(5-20)23-10)12-11(24-7)13(22)17-14(16-12)15-6-18(2)3;1-5-17(9-7(23-5)10(21)16-12(14)15-9)11-8(20)13(2,4-19)6(3-18)22-11;1-4-16(8-6(22-4)9(19)15-11(13)14-8)10-12(2,20)7(18)5(3-17)21-10/h3-17,19,24,26,31H,1,18H2,2H3,(H,34,35,37);12-14,18,24-25H,2-10H2,1H3,(H3,20,21,22,26);6,8-10,20-21H,1,4-5H2,2-3H3,(H,16,17,22);6,8,11,18-20H,1,3-4H2,2H3,(H3,14,15,16,21);5,7,10,17-18,20H,1,3H2,2H3,(H3,13,14,15,19)/t24-,26-,31-,33-;12-,13-,14+,18-;8-,9+,10+;6-,8+,11-,13-;5-,7-,10-,12-/m11011/s1. The summed E-state index contributed by atoms with van der Waals surface area (Å²) in [5.74, 6) is 0.00504. The summed E-state index contributed by atoms with van der Waals surface area (Å²) in [6.07, 6.45) is -5.33. The van der Waals surface area contributed by atoms with Gasteiger partial charge in [-0.3, -0.25) is 72.9 Å². The number of aromatic nitrogens is 11. The van der Waals surface area contributed by atoms with E-state index in [4.69, 9.17) is 59.8 Å². The highest BCUT2D eigenvalue weighted by atomic mass is 32.2. The fraction of sp³-hybridized carbons (Fsp3) is 0.429. The van der Waals surface area contributed by atoms with Crippen molar-refractivity contribution >= 4 is 140 Å². The molecule has 21 N–H and O–H groups in total. The number of H-pyrrole nitrogens is 5. The van der Waals surface area contributed by atoms with Gasteiger partial charge in [0, 0.05) is 38.1 Å². The number of aliphatic imine (C=N–C) groups is 1. The predicted molar refractivity (Wildman–Crippen MR) is 531 cm³/mol. The van der Waals surface area contributed by atoms with Crippen LogP contribution in [0.3, 0.4) is 0 Å². The fourth-order valence-electron chi connectivity index (χ4n) is 16.9. The van der Waals surface area contributed by atoms with Crippen LogP contribution in [-0.2, 0) is 42.6 Å². The predicted octanol–water partition coefficient (Wildman–Crippen LogP) is 3.35. The van der Waals surface area contributed by atoms with Gasteiger partial charge in [0.25, 0.3) is 27.8 Å². The summed E-state index contributed by atoms with van der Waals surface area (Å²) < 4.78 is 54.6. The smallest absolute Gasteiger partial charge is 0.338 e. The Morgan fingerprint density at radius 3 is 1.59 bits per heavy atom. The van der Waals surface area contributed by atoms with Crippen molar-refractivity contribution in [3.05, 3.63) is 228 Å². The number of esters is 2. The van der Waals surface area contributed by atoms with Crippen molar-refractivity contribution in [1.29, 1.82) is 0 Å². The molecule has 5 saturated heterocycles. The molecule has 0 bridgehead atoms. The second-order valence-electron chi connectivity index (χ2n) is 34.5. The van der Waals surface area contributed by atoms with E-state index in [1.54, 1.807) is 113 Å². The Labute approximate surface area is 835 Å². The molecule has 19 atom stereocenters. The Hall–Kier alpha value is -12.0. The monoisotopic (exact) mass is 2070 g/mol. The lowest BCUT2D eigenvalue weighted by Gasteiger charge is -2.36. The first kappa shape index (κ1) is 107. The highest BCUT2D eigenvalue weighted by Gasteiger charge is 2.62. The number of carbonyl (C=O) groups is 2. The first-order valence-corrected chi connectivity index (χ1v) is 48.9. The molecule has 143 heavy (non-hydrogen) atoms. The van der Waals surface area contributed by atoms with E-state index in [2.05, 4.69) is 94.7 Å². The van der Waals surface area contributed by atoms with Crippen molar-refractivity contribution < 1.29 is 103 Å². The third-order valence-electron chi connectivity index (χ3n) is 24.3. The van der Waals surface area contributed by atoms with E-state index in [-0.39, 0.29) is 113 Å². The summed E-state index contributed by atoms with van der Waals surface area (Å²) >= 11 is 5.18. The van der Waals surface area contributed by atoms with Gasteiger partial charge in [-0.25, -0.2) is 19.6 Å². The number of unbranched alkanes of at least 4 members (excludes halogenated alkanes) is 5. The van der Waals surface area contributed by atoms with Crippen LogP contribution in [0.4, 0.5) is 47.1 Å². The van der Waals surface area contributed by atoms with Crippen LogP contribution in [0.5, 0.6) is 0 Å². The Morgan fingerprint density at radius 1 is 0.580 bits per heavy atom. The van der Waals surface area contributed by atoms with E-state index in [0.717, 1.165) is 54.5 Å². The number of hydrogen-bond acceptors (Lipinski definition) is 45. The number of thioether (sulfide) groups is 4. The number of nitrogens with two attached hydrogens (primary N) is 3. The lowest BCUT2D eigenvalue weighted by Crippen LogP contribution is -2.52. The van der Waals surface area contributed by atoms with Crippen LogP contribution in [0.25, 0.3) is 16.1 Å². The molecular weight excluding hydrogens is 1970 g/mol. The van der Waals surface area contributed by atoms with Crippen molar-refractivity contribution in [2.75, 3.05) is 97.1 Å². The van der Waals surface area contributed by atoms with E-state index in [1.807, 2.05) is 20.2 Å². The summed E-state index contributed by atoms with van der Waals surface area (Å²) in [4.78, 5) is 147. The van der Waals surface area contributed by atoms with Crippen LogP contribution in [0.15, 0.2) is 204 Å². The third kappa shape index (κ3) is 22.3. The van der Waals surface area contributed by atoms with Crippen LogP contribution in [0.1, 0.15) is 105 Å². The molecule has 52 heteroatoms. The molecule has 0 unspecified atom stereocenters. The number of aliphatic hydroxyl groups excluding tert-OH is 9. The largest absolute Gasteiger partial charge is 0.479 e. The van der Waals surface area contributed by atoms with Crippen molar-refractivity contribution in [3.63, 3.8) is 0 Å². The maximum absolute atomic E-state index is 13.5.